The minimum absolute atomic E-state index is 0.0895. The highest BCUT2D eigenvalue weighted by Crippen LogP contribution is 2.19. The number of rotatable bonds is 11. The van der Waals surface area contributed by atoms with E-state index in [2.05, 4.69) is 20.6 Å². The van der Waals surface area contributed by atoms with Crippen molar-refractivity contribution in [1.29, 1.82) is 0 Å². The number of para-hydroxylation sites is 1. The molecule has 0 fully saturated rings. The van der Waals surface area contributed by atoms with Crippen LogP contribution in [0.1, 0.15) is 25.3 Å². The second kappa shape index (κ2) is 11.0. The predicted octanol–water partition coefficient (Wildman–Crippen LogP) is -0.835. The van der Waals surface area contributed by atoms with Crippen LogP contribution in [-0.2, 0) is 20.8 Å². The number of aliphatic carboxylic acids is 1. The Hall–Kier alpha value is -3.60. The molecule has 0 saturated heterocycles. The maximum Gasteiger partial charge on any atom is 0.326 e. The number of hydrogen-bond donors (Lipinski definition) is 7. The fourth-order valence-corrected chi connectivity index (χ4v) is 3.07. The molecule has 2 amide bonds. The van der Waals surface area contributed by atoms with E-state index in [9.17, 15) is 19.5 Å². The number of carboxylic acid groups (broad SMARTS) is 1. The van der Waals surface area contributed by atoms with Gasteiger partial charge >= 0.3 is 5.97 Å². The topological polar surface area (TPSA) is 202 Å². The van der Waals surface area contributed by atoms with Crippen LogP contribution in [0.15, 0.2) is 35.5 Å². The van der Waals surface area contributed by atoms with Crippen LogP contribution in [0.2, 0.25) is 0 Å². The number of H-pyrrole nitrogens is 1. The third-order valence-electron chi connectivity index (χ3n) is 4.71. The number of aromatic nitrogens is 1. The number of hydrogen-bond acceptors (Lipinski definition) is 5. The Morgan fingerprint density at radius 2 is 1.81 bits per heavy atom. The summed E-state index contributed by atoms with van der Waals surface area (Å²) in [4.78, 5) is 43.6. The van der Waals surface area contributed by atoms with E-state index in [1.807, 2.05) is 24.3 Å². The summed E-state index contributed by atoms with van der Waals surface area (Å²) >= 11 is 0. The molecule has 0 radical (unpaired) electrons. The number of nitrogens with two attached hydrogens (primary N) is 3. The standard InChI is InChI=1S/C20H29N7O4/c1-11(21)17(28)27-16(9-12-10-25-14-6-3-2-5-13(12)14)18(29)26-15(19(30)31)7-4-8-24-20(22)23/h2-3,5-6,10-11,15-16,25H,4,7-9,21H2,1H3,(H,26,29)(H,27,28)(H,30,31)(H4,22,23,24)/t11-,15-,16-/m0/s1. The van der Waals surface area contributed by atoms with Crippen molar-refractivity contribution in [2.45, 2.75) is 44.3 Å². The van der Waals surface area contributed by atoms with Crippen LogP contribution in [0.3, 0.4) is 0 Å². The normalized spacial score (nSPS) is 13.7. The number of aromatic amines is 1. The summed E-state index contributed by atoms with van der Waals surface area (Å²) in [7, 11) is 0. The van der Waals surface area contributed by atoms with Gasteiger partial charge in [0.1, 0.15) is 12.1 Å². The molecule has 0 aliphatic rings. The third-order valence-corrected chi connectivity index (χ3v) is 4.71. The molecule has 1 aromatic heterocycles. The average molecular weight is 431 g/mol. The molecule has 0 aliphatic carbocycles. The first kappa shape index (κ1) is 23.7. The Morgan fingerprint density at radius 3 is 2.45 bits per heavy atom. The highest BCUT2D eigenvalue weighted by Gasteiger charge is 2.28. The molecular weight excluding hydrogens is 402 g/mol. The van der Waals surface area contributed by atoms with Gasteiger partial charge in [-0.05, 0) is 31.4 Å². The number of benzene rings is 1. The summed E-state index contributed by atoms with van der Waals surface area (Å²) in [5.74, 6) is -2.41. The van der Waals surface area contributed by atoms with Gasteiger partial charge in [0.05, 0.1) is 6.04 Å². The van der Waals surface area contributed by atoms with Crippen LogP contribution in [0.4, 0.5) is 0 Å². The fraction of sp³-hybridized carbons (Fsp3) is 0.400. The number of nitrogens with one attached hydrogen (secondary N) is 3. The van der Waals surface area contributed by atoms with E-state index >= 15 is 0 Å². The predicted molar refractivity (Wildman–Crippen MR) is 117 cm³/mol. The molecule has 2 rings (SSSR count). The lowest BCUT2D eigenvalue weighted by atomic mass is 10.0. The molecule has 31 heavy (non-hydrogen) atoms. The van der Waals surface area contributed by atoms with Crippen molar-refractivity contribution in [3.05, 3.63) is 36.0 Å². The van der Waals surface area contributed by atoms with Gasteiger partial charge in [-0.3, -0.25) is 14.6 Å². The number of guanidine groups is 1. The van der Waals surface area contributed by atoms with Crippen molar-refractivity contribution in [3.8, 4) is 0 Å². The molecule has 0 saturated carbocycles. The average Bonchev–Trinajstić information content (AvgIpc) is 3.12. The molecule has 10 N–H and O–H groups in total. The molecule has 2 aromatic rings. The molecule has 3 atom stereocenters. The minimum atomic E-state index is -1.19. The Bertz CT molecular complexity index is 950. The third kappa shape index (κ3) is 7.00. The second-order valence-corrected chi connectivity index (χ2v) is 7.26. The smallest absolute Gasteiger partial charge is 0.326 e. The van der Waals surface area contributed by atoms with Gasteiger partial charge in [-0.2, -0.15) is 0 Å². The van der Waals surface area contributed by atoms with Crippen LogP contribution in [0.25, 0.3) is 10.9 Å². The first-order valence-corrected chi connectivity index (χ1v) is 9.88. The van der Waals surface area contributed by atoms with Gasteiger partial charge in [0, 0.05) is 30.1 Å². The van der Waals surface area contributed by atoms with Crippen molar-refractivity contribution in [2.24, 2.45) is 22.2 Å². The Kier molecular flexibility index (Phi) is 8.38. The number of fused-ring (bicyclic) bond motifs is 1. The number of carbonyl (C=O) groups excluding carboxylic acids is 2. The van der Waals surface area contributed by atoms with Gasteiger partial charge in [0.2, 0.25) is 11.8 Å². The molecule has 11 nitrogen and oxygen atoms in total. The number of nitrogens with zero attached hydrogens (tertiary/aromatic N) is 1. The van der Waals surface area contributed by atoms with Gasteiger partial charge in [-0.1, -0.05) is 18.2 Å². The van der Waals surface area contributed by atoms with Crippen molar-refractivity contribution in [3.63, 3.8) is 0 Å². The number of carboxylic acids is 1. The van der Waals surface area contributed by atoms with Gasteiger partial charge < -0.3 is 37.9 Å². The first-order valence-electron chi connectivity index (χ1n) is 9.88. The van der Waals surface area contributed by atoms with Crippen LogP contribution in [0, 0.1) is 0 Å². The maximum atomic E-state index is 12.9. The highest BCUT2D eigenvalue weighted by atomic mass is 16.4. The SMILES string of the molecule is C[C@H](N)C(=O)N[C@@H](Cc1c[nH]c2ccccc12)C(=O)N[C@@H](CCCN=C(N)N)C(=O)O. The molecule has 0 unspecified atom stereocenters. The monoisotopic (exact) mass is 431 g/mol. The molecule has 168 valence electrons. The fourth-order valence-electron chi connectivity index (χ4n) is 3.07. The zero-order chi connectivity index (χ0) is 23.0. The zero-order valence-electron chi connectivity index (χ0n) is 17.3. The molecule has 11 heteroatoms. The van der Waals surface area contributed by atoms with E-state index < -0.39 is 35.9 Å². The van der Waals surface area contributed by atoms with Gasteiger partial charge in [-0.25, -0.2) is 4.79 Å². The molecule has 1 aromatic carbocycles. The van der Waals surface area contributed by atoms with E-state index in [-0.39, 0.29) is 25.3 Å². The van der Waals surface area contributed by atoms with Crippen molar-refractivity contribution in [2.75, 3.05) is 6.54 Å². The van der Waals surface area contributed by atoms with Crippen LogP contribution in [0.5, 0.6) is 0 Å². The lowest BCUT2D eigenvalue weighted by Crippen LogP contribution is -2.54. The quantitative estimate of drug-likeness (QED) is 0.136. The Balaban J connectivity index is 2.15. The van der Waals surface area contributed by atoms with Crippen LogP contribution in [-0.4, -0.2) is 58.5 Å². The van der Waals surface area contributed by atoms with E-state index in [1.54, 1.807) is 6.20 Å². The van der Waals surface area contributed by atoms with Crippen molar-refractivity contribution in [1.82, 2.24) is 15.6 Å². The number of carbonyl (C=O) groups is 3. The minimum Gasteiger partial charge on any atom is -0.480 e. The summed E-state index contributed by atoms with van der Waals surface area (Å²) in [5, 5.41) is 15.5. The van der Waals surface area contributed by atoms with Gasteiger partial charge in [0.15, 0.2) is 5.96 Å². The lowest BCUT2D eigenvalue weighted by molar-refractivity contribution is -0.142. The van der Waals surface area contributed by atoms with Gasteiger partial charge in [0.25, 0.3) is 0 Å². The molecule has 0 bridgehead atoms. The summed E-state index contributed by atoms with van der Waals surface area (Å²) < 4.78 is 0. The summed E-state index contributed by atoms with van der Waals surface area (Å²) in [5.41, 5.74) is 17.8. The van der Waals surface area contributed by atoms with E-state index in [0.717, 1.165) is 16.5 Å². The summed E-state index contributed by atoms with van der Waals surface area (Å²) in [6.45, 7) is 1.74. The number of aliphatic imine (C=N–C) groups is 1. The van der Waals surface area contributed by atoms with Crippen LogP contribution >= 0.6 is 0 Å². The Labute approximate surface area is 179 Å². The van der Waals surface area contributed by atoms with E-state index in [0.29, 0.717) is 6.42 Å². The highest BCUT2D eigenvalue weighted by molar-refractivity contribution is 5.92. The second-order valence-electron chi connectivity index (χ2n) is 7.26. The number of amides is 2. The zero-order valence-corrected chi connectivity index (χ0v) is 17.3. The van der Waals surface area contributed by atoms with Crippen molar-refractivity contribution < 1.29 is 19.5 Å². The largest absolute Gasteiger partial charge is 0.480 e. The maximum absolute atomic E-state index is 12.9. The first-order chi connectivity index (χ1) is 14.7. The van der Waals surface area contributed by atoms with E-state index in [4.69, 9.17) is 17.2 Å². The molecule has 1 heterocycles. The summed E-state index contributed by atoms with van der Waals surface area (Å²) in [6, 6.07) is 4.56. The molecular formula is C20H29N7O4. The molecule has 0 aliphatic heterocycles. The van der Waals surface area contributed by atoms with Crippen LogP contribution < -0.4 is 27.8 Å². The lowest BCUT2D eigenvalue weighted by Gasteiger charge is -2.22. The molecule has 0 spiro atoms. The van der Waals surface area contributed by atoms with Crippen molar-refractivity contribution >= 4 is 34.6 Å². The van der Waals surface area contributed by atoms with Gasteiger partial charge in [-0.15, -0.1) is 0 Å². The summed E-state index contributed by atoms with van der Waals surface area (Å²) in [6.07, 6.45) is 2.40. The van der Waals surface area contributed by atoms with E-state index in [1.165, 1.54) is 6.92 Å². The Morgan fingerprint density at radius 1 is 1.13 bits per heavy atom.